The fourth-order valence-electron chi connectivity index (χ4n) is 2.46. The van der Waals surface area contributed by atoms with Crippen LogP contribution in [0.15, 0.2) is 24.3 Å². The molecule has 7 heteroatoms. The minimum atomic E-state index is -4.54. The summed E-state index contributed by atoms with van der Waals surface area (Å²) in [5, 5.41) is 0. The molecule has 1 aromatic rings. The van der Waals surface area contributed by atoms with E-state index in [9.17, 15) is 18.0 Å². The van der Waals surface area contributed by atoms with Crippen LogP contribution in [0.25, 0.3) is 0 Å². The van der Waals surface area contributed by atoms with E-state index in [1.807, 2.05) is 6.92 Å². The van der Waals surface area contributed by atoms with E-state index in [0.717, 1.165) is 15.7 Å². The molecule has 1 aliphatic heterocycles. The van der Waals surface area contributed by atoms with Gasteiger partial charge in [-0.1, -0.05) is 31.0 Å². The molecule has 1 amide bonds. The van der Waals surface area contributed by atoms with Gasteiger partial charge in [0.2, 0.25) is 0 Å². The van der Waals surface area contributed by atoms with Gasteiger partial charge in [0, 0.05) is 23.8 Å². The first-order valence-electron chi connectivity index (χ1n) is 7.20. The van der Waals surface area contributed by atoms with E-state index >= 15 is 0 Å². The lowest BCUT2D eigenvalue weighted by molar-refractivity contribution is -0.184. The number of rotatable bonds is 2. The molecule has 1 unspecified atom stereocenters. The predicted octanol–water partition coefficient (Wildman–Crippen LogP) is 3.90. The van der Waals surface area contributed by atoms with Gasteiger partial charge in [-0.2, -0.15) is 13.2 Å². The molecule has 0 radical (unpaired) electrons. The smallest absolute Gasteiger partial charge is 0.272 e. The van der Waals surface area contributed by atoms with Crippen molar-refractivity contribution in [2.75, 3.05) is 17.5 Å². The molecule has 2 rings (SSSR count). The monoisotopic (exact) mass is 344 g/mol. The fourth-order valence-corrected chi connectivity index (χ4v) is 2.66. The molecular weight excluding hydrogens is 329 g/mol. The van der Waals surface area contributed by atoms with Gasteiger partial charge < -0.3 is 0 Å². The van der Waals surface area contributed by atoms with Crippen LogP contribution in [0, 0.1) is 11.8 Å². The summed E-state index contributed by atoms with van der Waals surface area (Å²) < 4.78 is 41.6. The number of carbonyl (C=O) groups is 1. The lowest BCUT2D eigenvalue weighted by Crippen LogP contribution is -2.41. The summed E-state index contributed by atoms with van der Waals surface area (Å²) in [5.74, 6) is 4.91. The number of hydrogen-bond donors (Lipinski definition) is 0. The summed E-state index contributed by atoms with van der Waals surface area (Å²) in [6.45, 7) is 1.35. The van der Waals surface area contributed by atoms with Gasteiger partial charge in [-0.25, -0.2) is 4.42 Å². The number of anilines is 1. The van der Waals surface area contributed by atoms with E-state index in [4.69, 9.17) is 11.8 Å². The van der Waals surface area contributed by atoms with Crippen LogP contribution in [0.1, 0.15) is 31.4 Å². The summed E-state index contributed by atoms with van der Waals surface area (Å²) >= 11 is 5.92. The third-order valence-electron chi connectivity index (χ3n) is 3.46. The topological polar surface area (TPSA) is 23.6 Å². The van der Waals surface area contributed by atoms with E-state index < -0.39 is 24.7 Å². The second kappa shape index (κ2) is 7.24. The molecule has 0 saturated carbocycles. The van der Waals surface area contributed by atoms with Crippen molar-refractivity contribution in [3.05, 3.63) is 29.8 Å². The Kier molecular flexibility index (Phi) is 5.55. The second-order valence-electron chi connectivity index (χ2n) is 5.19. The Morgan fingerprint density at radius 2 is 2.00 bits per heavy atom. The maximum Gasteiger partial charge on any atom is 0.408 e. The van der Waals surface area contributed by atoms with Crippen LogP contribution in [-0.4, -0.2) is 30.1 Å². The number of unbranched alkanes of at least 4 members (excludes halogenated alkanes) is 1. The summed E-state index contributed by atoms with van der Waals surface area (Å²) in [6, 6.07) is 3.88. The highest BCUT2D eigenvalue weighted by atomic mass is 35.5. The van der Waals surface area contributed by atoms with E-state index in [1.54, 1.807) is 6.07 Å². The molecule has 3 nitrogen and oxygen atoms in total. The molecule has 0 saturated heterocycles. The minimum Gasteiger partial charge on any atom is -0.272 e. The van der Waals surface area contributed by atoms with Gasteiger partial charge in [-0.3, -0.25) is 9.69 Å². The van der Waals surface area contributed by atoms with E-state index in [-0.39, 0.29) is 17.8 Å². The van der Waals surface area contributed by atoms with Crippen molar-refractivity contribution in [1.82, 2.24) is 4.90 Å². The van der Waals surface area contributed by atoms with Crippen molar-refractivity contribution in [2.24, 2.45) is 0 Å². The molecule has 23 heavy (non-hydrogen) atoms. The molecule has 1 heterocycles. The standard InChI is InChI=1S/C16H16ClF3N2O/c1-2-3-4-7-10-21-11-14(23)22(17)13-9-6-5-8-12(13)15(21)16(18,19)20/h5-6,8-9,15H,2-3,10-11H2,1H3. The number of carbonyl (C=O) groups excluding carboxylic acids is 1. The number of halogens is 4. The Hall–Kier alpha value is -1.71. The quantitative estimate of drug-likeness (QED) is 0.600. The summed E-state index contributed by atoms with van der Waals surface area (Å²) in [7, 11) is 0. The molecule has 0 aliphatic carbocycles. The van der Waals surface area contributed by atoms with E-state index in [0.29, 0.717) is 6.42 Å². The van der Waals surface area contributed by atoms with Crippen LogP contribution in [0.2, 0.25) is 0 Å². The molecule has 124 valence electrons. The number of nitrogens with zero attached hydrogens (tertiary/aromatic N) is 2. The van der Waals surface area contributed by atoms with E-state index in [2.05, 4.69) is 11.8 Å². The number of fused-ring (bicyclic) bond motifs is 1. The van der Waals surface area contributed by atoms with Crippen LogP contribution in [-0.2, 0) is 4.79 Å². The molecule has 1 aliphatic rings. The maximum absolute atomic E-state index is 13.6. The van der Waals surface area contributed by atoms with Crippen LogP contribution in [0.3, 0.4) is 0 Å². The van der Waals surface area contributed by atoms with Gasteiger partial charge in [-0.05, 0) is 12.5 Å². The molecule has 0 bridgehead atoms. The Labute approximate surface area is 138 Å². The minimum absolute atomic E-state index is 0.0434. The second-order valence-corrected chi connectivity index (χ2v) is 5.52. The number of hydrogen-bond acceptors (Lipinski definition) is 2. The van der Waals surface area contributed by atoms with Crippen molar-refractivity contribution in [2.45, 2.75) is 32.0 Å². The normalized spacial score (nSPS) is 18.9. The van der Waals surface area contributed by atoms with Gasteiger partial charge in [0.25, 0.3) is 5.91 Å². The van der Waals surface area contributed by atoms with Crippen LogP contribution >= 0.6 is 11.8 Å². The van der Waals surface area contributed by atoms with Gasteiger partial charge in [0.1, 0.15) is 6.04 Å². The van der Waals surface area contributed by atoms with Crippen molar-refractivity contribution < 1.29 is 18.0 Å². The molecule has 0 N–H and O–H groups in total. The average Bonchev–Trinajstić information content (AvgIpc) is 2.59. The Balaban J connectivity index is 2.45. The number of alkyl halides is 3. The molecule has 1 atom stereocenters. The van der Waals surface area contributed by atoms with Crippen LogP contribution < -0.4 is 4.42 Å². The third kappa shape index (κ3) is 3.98. The van der Waals surface area contributed by atoms with Gasteiger partial charge >= 0.3 is 6.18 Å². The van der Waals surface area contributed by atoms with Crippen molar-refractivity contribution in [3.8, 4) is 11.8 Å². The van der Waals surface area contributed by atoms with Crippen molar-refractivity contribution in [3.63, 3.8) is 0 Å². The zero-order chi connectivity index (χ0) is 17.0. The first kappa shape index (κ1) is 17.6. The molecule has 1 aromatic carbocycles. The fraction of sp³-hybridized carbons (Fsp3) is 0.438. The Bertz CT molecular complexity index is 636. The van der Waals surface area contributed by atoms with E-state index in [1.165, 1.54) is 18.2 Å². The number of para-hydroxylation sites is 1. The zero-order valence-corrected chi connectivity index (χ0v) is 13.3. The molecule has 0 fully saturated rings. The largest absolute Gasteiger partial charge is 0.408 e. The Morgan fingerprint density at radius 1 is 1.30 bits per heavy atom. The first-order chi connectivity index (χ1) is 10.9. The van der Waals surface area contributed by atoms with Gasteiger partial charge in [0.15, 0.2) is 0 Å². The molecular formula is C16H16ClF3N2O. The highest BCUT2D eigenvalue weighted by Crippen LogP contribution is 2.43. The van der Waals surface area contributed by atoms with Crippen molar-refractivity contribution in [1.29, 1.82) is 0 Å². The highest BCUT2D eigenvalue weighted by Gasteiger charge is 2.48. The third-order valence-corrected chi connectivity index (χ3v) is 3.83. The van der Waals surface area contributed by atoms with Crippen LogP contribution in [0.5, 0.6) is 0 Å². The first-order valence-corrected chi connectivity index (χ1v) is 7.54. The Morgan fingerprint density at radius 3 is 2.65 bits per heavy atom. The van der Waals surface area contributed by atoms with Gasteiger partial charge in [-0.15, -0.1) is 5.92 Å². The molecule has 0 spiro atoms. The van der Waals surface area contributed by atoms with Gasteiger partial charge in [0.05, 0.1) is 18.8 Å². The summed E-state index contributed by atoms with van der Waals surface area (Å²) in [5.41, 5.74) is 0.0173. The lowest BCUT2D eigenvalue weighted by Gasteiger charge is -2.29. The zero-order valence-electron chi connectivity index (χ0n) is 12.5. The predicted molar refractivity (Wildman–Crippen MR) is 82.8 cm³/mol. The number of benzene rings is 1. The van der Waals surface area contributed by atoms with Crippen LogP contribution in [0.4, 0.5) is 18.9 Å². The number of amides is 1. The maximum atomic E-state index is 13.6. The SMILES string of the molecule is CCCC#CCN1CC(=O)N(Cl)c2ccccc2C1C(F)(F)F. The lowest BCUT2D eigenvalue weighted by atomic mass is 10.0. The highest BCUT2D eigenvalue weighted by molar-refractivity contribution is 6.37. The summed E-state index contributed by atoms with van der Waals surface area (Å²) in [4.78, 5) is 13.1. The average molecular weight is 345 g/mol. The molecule has 0 aromatic heterocycles. The van der Waals surface area contributed by atoms with Crippen molar-refractivity contribution >= 4 is 23.4 Å². The summed E-state index contributed by atoms with van der Waals surface area (Å²) in [6.07, 6.45) is -3.10.